The molecule has 2 saturated heterocycles. The van der Waals surface area contributed by atoms with E-state index in [4.69, 9.17) is 0 Å². The average molecular weight is 300 g/mol. The highest BCUT2D eigenvalue weighted by Crippen LogP contribution is 2.14. The molecule has 3 unspecified atom stereocenters. The van der Waals surface area contributed by atoms with Gasteiger partial charge in [0.2, 0.25) is 5.91 Å². The minimum atomic E-state index is -0.364. The summed E-state index contributed by atoms with van der Waals surface area (Å²) in [6, 6.07) is 0.0895. The number of nitrogens with one attached hydrogen (secondary N) is 1. The Labute approximate surface area is 121 Å². The van der Waals surface area contributed by atoms with Crippen LogP contribution < -0.4 is 5.32 Å². The van der Waals surface area contributed by atoms with E-state index in [1.807, 2.05) is 4.90 Å². The fourth-order valence-electron chi connectivity index (χ4n) is 2.57. The van der Waals surface area contributed by atoms with Gasteiger partial charge in [-0.2, -0.15) is 0 Å². The molecule has 0 spiro atoms. The van der Waals surface area contributed by atoms with Gasteiger partial charge in [-0.3, -0.25) is 4.79 Å². The molecule has 0 saturated carbocycles. The molecule has 0 aliphatic carbocycles. The van der Waals surface area contributed by atoms with Crippen LogP contribution in [0.25, 0.3) is 0 Å². The second kappa shape index (κ2) is 7.50. The molecule has 5 nitrogen and oxygen atoms in total. The number of hydrogen-bond acceptors (Lipinski definition) is 4. The number of piperazine rings is 1. The Morgan fingerprint density at radius 3 is 2.50 bits per heavy atom. The zero-order chi connectivity index (χ0) is 11.7. The maximum absolute atomic E-state index is 12.2. The standard InChI is InChI=1S/C11H21N3O2.2ClH/c1-8-7-13(2)3-4-14(8)11(16)10-5-9(15)6-12-10;;/h8-10,12,15H,3-7H2,1-2H3;2*1H. The van der Waals surface area contributed by atoms with Gasteiger partial charge in [0.05, 0.1) is 12.1 Å². The minimum Gasteiger partial charge on any atom is -0.392 e. The summed E-state index contributed by atoms with van der Waals surface area (Å²) in [7, 11) is 2.08. The normalized spacial score (nSPS) is 32.6. The van der Waals surface area contributed by atoms with E-state index in [9.17, 15) is 9.90 Å². The van der Waals surface area contributed by atoms with Gasteiger partial charge in [-0.05, 0) is 20.4 Å². The second-order valence-corrected chi connectivity index (χ2v) is 4.99. The van der Waals surface area contributed by atoms with Gasteiger partial charge in [-0.25, -0.2) is 0 Å². The summed E-state index contributed by atoms with van der Waals surface area (Å²) < 4.78 is 0. The van der Waals surface area contributed by atoms with Gasteiger partial charge in [0.15, 0.2) is 0 Å². The SMILES string of the molecule is CC1CN(C)CCN1C(=O)C1CC(O)CN1.Cl.Cl. The number of likely N-dealkylation sites (N-methyl/N-ethyl adjacent to an activating group) is 1. The van der Waals surface area contributed by atoms with Gasteiger partial charge >= 0.3 is 0 Å². The molecule has 0 radical (unpaired) electrons. The van der Waals surface area contributed by atoms with Crippen LogP contribution in [0.1, 0.15) is 13.3 Å². The predicted molar refractivity (Wildman–Crippen MR) is 75.6 cm³/mol. The average Bonchev–Trinajstić information content (AvgIpc) is 2.64. The molecule has 2 rings (SSSR count). The topological polar surface area (TPSA) is 55.8 Å². The second-order valence-electron chi connectivity index (χ2n) is 4.99. The van der Waals surface area contributed by atoms with Crippen molar-refractivity contribution in [3.05, 3.63) is 0 Å². The van der Waals surface area contributed by atoms with Crippen molar-refractivity contribution in [2.24, 2.45) is 0 Å². The fourth-order valence-corrected chi connectivity index (χ4v) is 2.57. The lowest BCUT2D eigenvalue weighted by Crippen LogP contribution is -2.56. The van der Waals surface area contributed by atoms with Crippen LogP contribution in [0, 0.1) is 0 Å². The Morgan fingerprint density at radius 2 is 2.00 bits per heavy atom. The number of β-amino-alcohol motifs (C(OH)–C–C–N with tert-alkyl or cyclic N) is 1. The highest BCUT2D eigenvalue weighted by molar-refractivity contribution is 5.85. The van der Waals surface area contributed by atoms with E-state index in [0.29, 0.717) is 13.0 Å². The maximum atomic E-state index is 12.2. The van der Waals surface area contributed by atoms with Gasteiger partial charge in [0, 0.05) is 32.2 Å². The molecule has 2 aliphatic rings. The highest BCUT2D eigenvalue weighted by atomic mass is 35.5. The third kappa shape index (κ3) is 3.96. The Kier molecular flexibility index (Phi) is 7.47. The molecule has 0 aromatic heterocycles. The highest BCUT2D eigenvalue weighted by Gasteiger charge is 2.34. The molecule has 2 N–H and O–H groups in total. The molecular formula is C11H23Cl2N3O2. The van der Waals surface area contributed by atoms with Crippen molar-refractivity contribution in [3.8, 4) is 0 Å². The largest absolute Gasteiger partial charge is 0.392 e. The number of hydrogen-bond donors (Lipinski definition) is 2. The first-order valence-electron chi connectivity index (χ1n) is 5.98. The predicted octanol–water partition coefficient (Wildman–Crippen LogP) is -0.285. The molecule has 0 aromatic rings. The molecule has 2 heterocycles. The molecule has 7 heteroatoms. The lowest BCUT2D eigenvalue weighted by Gasteiger charge is -2.39. The molecule has 1 amide bonds. The smallest absolute Gasteiger partial charge is 0.240 e. The summed E-state index contributed by atoms with van der Waals surface area (Å²) >= 11 is 0. The number of carbonyl (C=O) groups excluding carboxylic acids is 1. The first-order valence-corrected chi connectivity index (χ1v) is 5.98. The molecular weight excluding hydrogens is 277 g/mol. The van der Waals surface area contributed by atoms with Gasteiger partial charge < -0.3 is 20.2 Å². The van der Waals surface area contributed by atoms with Crippen LogP contribution in [-0.4, -0.2) is 72.2 Å². The summed E-state index contributed by atoms with van der Waals surface area (Å²) in [6.07, 6.45) is 0.189. The number of carbonyl (C=O) groups is 1. The van der Waals surface area contributed by atoms with E-state index < -0.39 is 0 Å². The van der Waals surface area contributed by atoms with Crippen LogP contribution >= 0.6 is 24.8 Å². The first kappa shape index (κ1) is 17.9. The molecule has 0 bridgehead atoms. The first-order chi connectivity index (χ1) is 7.58. The zero-order valence-corrected chi connectivity index (χ0v) is 12.5. The number of rotatable bonds is 1. The number of aliphatic hydroxyl groups is 1. The quantitative estimate of drug-likeness (QED) is 0.699. The van der Waals surface area contributed by atoms with Gasteiger partial charge in [-0.1, -0.05) is 0 Å². The van der Waals surface area contributed by atoms with Crippen molar-refractivity contribution in [2.75, 3.05) is 33.2 Å². The fraction of sp³-hybridized carbons (Fsp3) is 0.909. The number of aliphatic hydroxyl groups excluding tert-OH is 1. The van der Waals surface area contributed by atoms with Crippen LogP contribution in [0.2, 0.25) is 0 Å². The molecule has 108 valence electrons. The Balaban J connectivity index is 0.00000144. The van der Waals surface area contributed by atoms with Gasteiger partial charge in [0.25, 0.3) is 0 Å². The van der Waals surface area contributed by atoms with E-state index in [0.717, 1.165) is 19.6 Å². The Morgan fingerprint density at radius 1 is 1.33 bits per heavy atom. The van der Waals surface area contributed by atoms with Crippen molar-refractivity contribution in [1.82, 2.24) is 15.1 Å². The van der Waals surface area contributed by atoms with Crippen LogP contribution in [0.15, 0.2) is 0 Å². The van der Waals surface area contributed by atoms with Crippen molar-refractivity contribution < 1.29 is 9.90 Å². The van der Waals surface area contributed by atoms with E-state index in [2.05, 4.69) is 24.2 Å². The molecule has 2 fully saturated rings. The van der Waals surface area contributed by atoms with Crippen molar-refractivity contribution in [1.29, 1.82) is 0 Å². The summed E-state index contributed by atoms with van der Waals surface area (Å²) in [6.45, 7) is 5.29. The van der Waals surface area contributed by atoms with Crippen molar-refractivity contribution in [3.63, 3.8) is 0 Å². The zero-order valence-electron chi connectivity index (χ0n) is 10.8. The summed E-state index contributed by atoms with van der Waals surface area (Å²) in [5.74, 6) is 0.150. The Hall–Kier alpha value is -0.0700. The summed E-state index contributed by atoms with van der Waals surface area (Å²) in [4.78, 5) is 16.4. The molecule has 18 heavy (non-hydrogen) atoms. The summed E-state index contributed by atoms with van der Waals surface area (Å²) in [5, 5.41) is 12.5. The third-order valence-electron chi connectivity index (χ3n) is 3.52. The third-order valence-corrected chi connectivity index (χ3v) is 3.52. The van der Waals surface area contributed by atoms with Crippen LogP contribution in [0.4, 0.5) is 0 Å². The van der Waals surface area contributed by atoms with E-state index in [1.165, 1.54) is 0 Å². The van der Waals surface area contributed by atoms with Gasteiger partial charge in [-0.15, -0.1) is 24.8 Å². The monoisotopic (exact) mass is 299 g/mol. The number of nitrogens with zero attached hydrogens (tertiary/aromatic N) is 2. The van der Waals surface area contributed by atoms with Gasteiger partial charge in [0.1, 0.15) is 0 Å². The number of halogens is 2. The minimum absolute atomic E-state index is 0. The van der Waals surface area contributed by atoms with Crippen LogP contribution in [0.3, 0.4) is 0 Å². The lowest BCUT2D eigenvalue weighted by atomic mass is 10.1. The van der Waals surface area contributed by atoms with E-state index in [1.54, 1.807) is 0 Å². The number of amides is 1. The Bertz CT molecular complexity index is 281. The van der Waals surface area contributed by atoms with Crippen LogP contribution in [0.5, 0.6) is 0 Å². The molecule has 2 aliphatic heterocycles. The lowest BCUT2D eigenvalue weighted by molar-refractivity contribution is -0.137. The molecule has 3 atom stereocenters. The van der Waals surface area contributed by atoms with E-state index in [-0.39, 0.29) is 48.9 Å². The summed E-state index contributed by atoms with van der Waals surface area (Å²) in [5.41, 5.74) is 0. The van der Waals surface area contributed by atoms with Crippen LogP contribution in [-0.2, 0) is 4.79 Å². The van der Waals surface area contributed by atoms with Crippen molar-refractivity contribution >= 4 is 30.7 Å². The molecule has 0 aromatic carbocycles. The van der Waals surface area contributed by atoms with E-state index >= 15 is 0 Å². The van der Waals surface area contributed by atoms with Crippen molar-refractivity contribution in [2.45, 2.75) is 31.5 Å². The maximum Gasteiger partial charge on any atom is 0.240 e.